The monoisotopic (exact) mass is 394 g/mol. The molecule has 1 aliphatic heterocycles. The zero-order valence-corrected chi connectivity index (χ0v) is 15.2. The van der Waals surface area contributed by atoms with Crippen LogP contribution in [0.3, 0.4) is 0 Å². The molecule has 1 heterocycles. The van der Waals surface area contributed by atoms with E-state index < -0.39 is 11.7 Å². The van der Waals surface area contributed by atoms with Crippen molar-refractivity contribution in [2.75, 3.05) is 16.8 Å². The Morgan fingerprint density at radius 1 is 0.966 bits per heavy atom. The predicted molar refractivity (Wildman–Crippen MR) is 104 cm³/mol. The molecule has 0 spiro atoms. The van der Waals surface area contributed by atoms with Gasteiger partial charge in [-0.1, -0.05) is 12.1 Å². The molecule has 4 rings (SSSR count). The van der Waals surface area contributed by atoms with Crippen molar-refractivity contribution in [2.45, 2.75) is 6.54 Å². The molecule has 2 amide bonds. The zero-order valence-electron chi connectivity index (χ0n) is 15.2. The normalized spacial score (nSPS) is 12.9. The lowest BCUT2D eigenvalue weighted by atomic mass is 10.1. The number of anilines is 2. The number of ether oxygens (including phenoxy) is 1. The van der Waals surface area contributed by atoms with Crippen LogP contribution in [0.1, 0.15) is 15.9 Å². The molecule has 0 aromatic heterocycles. The van der Waals surface area contributed by atoms with Gasteiger partial charge in [0.15, 0.2) is 6.61 Å². The van der Waals surface area contributed by atoms with E-state index in [1.54, 1.807) is 30.3 Å². The fraction of sp³-hybridized carbons (Fsp3) is 0.0909. The molecule has 0 bridgehead atoms. The number of benzene rings is 3. The summed E-state index contributed by atoms with van der Waals surface area (Å²) < 4.78 is 31.7. The summed E-state index contributed by atoms with van der Waals surface area (Å²) in [4.78, 5) is 26.3. The number of nitrogens with one attached hydrogen (secondary N) is 1. The van der Waals surface area contributed by atoms with Crippen molar-refractivity contribution in [2.24, 2.45) is 0 Å². The summed E-state index contributed by atoms with van der Waals surface area (Å²) in [5.74, 6) is -0.927. The first kappa shape index (κ1) is 18.6. The van der Waals surface area contributed by atoms with Gasteiger partial charge in [-0.25, -0.2) is 8.78 Å². The number of carbonyl (C=O) groups is 2. The second kappa shape index (κ2) is 7.71. The molecule has 3 aromatic carbocycles. The van der Waals surface area contributed by atoms with Gasteiger partial charge in [0, 0.05) is 11.3 Å². The number of nitrogens with zero attached hydrogens (tertiary/aromatic N) is 1. The number of amides is 2. The van der Waals surface area contributed by atoms with Gasteiger partial charge in [0.05, 0.1) is 12.2 Å². The Kier molecular flexibility index (Phi) is 4.95. The summed E-state index contributed by atoms with van der Waals surface area (Å²) in [6, 6.07) is 16.0. The largest absolute Gasteiger partial charge is 0.482 e. The Bertz CT molecular complexity index is 1070. The van der Waals surface area contributed by atoms with Crippen molar-refractivity contribution < 1.29 is 23.1 Å². The predicted octanol–water partition coefficient (Wildman–Crippen LogP) is 4.14. The molecule has 1 N–H and O–H groups in total. The maximum atomic E-state index is 13.2. The van der Waals surface area contributed by atoms with E-state index in [0.717, 1.165) is 5.56 Å². The SMILES string of the molecule is O=C(Nc1ccc2c(c1)N(Cc1ccc(F)cc1)C(=O)CO2)c1ccc(F)cc1. The van der Waals surface area contributed by atoms with E-state index in [1.165, 1.54) is 41.3 Å². The van der Waals surface area contributed by atoms with Gasteiger partial charge in [0.1, 0.15) is 17.4 Å². The highest BCUT2D eigenvalue weighted by molar-refractivity contribution is 6.05. The number of halogens is 2. The van der Waals surface area contributed by atoms with Crippen LogP contribution >= 0.6 is 0 Å². The third-order valence-electron chi connectivity index (χ3n) is 4.52. The van der Waals surface area contributed by atoms with Crippen LogP contribution in [0, 0.1) is 11.6 Å². The first-order valence-electron chi connectivity index (χ1n) is 8.88. The highest BCUT2D eigenvalue weighted by Gasteiger charge is 2.26. The van der Waals surface area contributed by atoms with Crippen LogP contribution in [0.15, 0.2) is 66.7 Å². The molecular weight excluding hydrogens is 378 g/mol. The van der Waals surface area contributed by atoms with Crippen molar-refractivity contribution >= 4 is 23.2 Å². The van der Waals surface area contributed by atoms with Crippen LogP contribution in [0.5, 0.6) is 5.75 Å². The summed E-state index contributed by atoms with van der Waals surface area (Å²) in [6.45, 7) is 0.139. The highest BCUT2D eigenvalue weighted by Crippen LogP contribution is 2.35. The molecular formula is C22H16F2N2O3. The van der Waals surface area contributed by atoms with Crippen LogP contribution in [0.25, 0.3) is 0 Å². The van der Waals surface area contributed by atoms with Gasteiger partial charge >= 0.3 is 0 Å². The second-order valence-electron chi connectivity index (χ2n) is 6.54. The van der Waals surface area contributed by atoms with E-state index in [2.05, 4.69) is 5.32 Å². The lowest BCUT2D eigenvalue weighted by Crippen LogP contribution is -2.38. The Labute approximate surface area is 165 Å². The molecule has 3 aromatic rings. The van der Waals surface area contributed by atoms with Crippen molar-refractivity contribution in [1.29, 1.82) is 0 Å². The summed E-state index contributed by atoms with van der Waals surface area (Å²) in [6.07, 6.45) is 0. The minimum atomic E-state index is -0.428. The van der Waals surface area contributed by atoms with Gasteiger partial charge < -0.3 is 15.0 Å². The van der Waals surface area contributed by atoms with E-state index in [4.69, 9.17) is 4.74 Å². The standard InChI is InChI=1S/C22H16F2N2O3/c23-16-5-1-14(2-6-16)12-26-19-11-18(9-10-20(19)29-13-21(26)27)25-22(28)15-3-7-17(24)8-4-15/h1-11H,12-13H2,(H,25,28). The van der Waals surface area contributed by atoms with Crippen LogP contribution in [-0.2, 0) is 11.3 Å². The topological polar surface area (TPSA) is 58.6 Å². The molecule has 0 radical (unpaired) electrons. The third-order valence-corrected chi connectivity index (χ3v) is 4.52. The van der Waals surface area contributed by atoms with Crippen LogP contribution < -0.4 is 15.0 Å². The Balaban J connectivity index is 1.59. The van der Waals surface area contributed by atoms with Gasteiger partial charge in [-0.3, -0.25) is 9.59 Å². The summed E-state index contributed by atoms with van der Waals surface area (Å²) >= 11 is 0. The average molecular weight is 394 g/mol. The molecule has 0 atom stereocenters. The molecule has 7 heteroatoms. The van der Waals surface area contributed by atoms with Gasteiger partial charge in [0.2, 0.25) is 0 Å². The molecule has 0 saturated heterocycles. The van der Waals surface area contributed by atoms with Crippen molar-refractivity contribution in [1.82, 2.24) is 0 Å². The Morgan fingerprint density at radius 2 is 1.62 bits per heavy atom. The average Bonchev–Trinajstić information content (AvgIpc) is 2.72. The zero-order chi connectivity index (χ0) is 20.4. The van der Waals surface area contributed by atoms with E-state index >= 15 is 0 Å². The van der Waals surface area contributed by atoms with Crippen molar-refractivity contribution in [3.05, 3.63) is 89.5 Å². The molecule has 0 saturated carbocycles. The summed E-state index contributed by atoms with van der Waals surface area (Å²) in [5, 5.41) is 2.73. The molecule has 0 aliphatic carbocycles. The third kappa shape index (κ3) is 4.08. The molecule has 0 fully saturated rings. The van der Waals surface area contributed by atoms with Crippen LogP contribution in [0.4, 0.5) is 20.2 Å². The lowest BCUT2D eigenvalue weighted by molar-refractivity contribution is -0.121. The molecule has 5 nitrogen and oxygen atoms in total. The molecule has 1 aliphatic rings. The minimum absolute atomic E-state index is 0.102. The van der Waals surface area contributed by atoms with E-state index in [-0.39, 0.29) is 24.9 Å². The summed E-state index contributed by atoms with van der Waals surface area (Å²) in [5.41, 5.74) is 2.02. The van der Waals surface area contributed by atoms with Gasteiger partial charge in [-0.15, -0.1) is 0 Å². The Morgan fingerprint density at radius 3 is 2.31 bits per heavy atom. The number of hydrogen-bond acceptors (Lipinski definition) is 3. The fourth-order valence-electron chi connectivity index (χ4n) is 3.03. The van der Waals surface area contributed by atoms with E-state index in [1.807, 2.05) is 0 Å². The minimum Gasteiger partial charge on any atom is -0.482 e. The van der Waals surface area contributed by atoms with E-state index in [9.17, 15) is 18.4 Å². The van der Waals surface area contributed by atoms with Gasteiger partial charge in [-0.05, 0) is 60.2 Å². The lowest BCUT2D eigenvalue weighted by Gasteiger charge is -2.30. The van der Waals surface area contributed by atoms with Gasteiger partial charge in [0.25, 0.3) is 11.8 Å². The van der Waals surface area contributed by atoms with E-state index in [0.29, 0.717) is 22.7 Å². The number of carbonyl (C=O) groups excluding carboxylic acids is 2. The quantitative estimate of drug-likeness (QED) is 0.724. The maximum absolute atomic E-state index is 13.2. The van der Waals surface area contributed by atoms with Crippen LogP contribution in [0.2, 0.25) is 0 Å². The fourth-order valence-corrected chi connectivity index (χ4v) is 3.03. The Hall–Kier alpha value is -3.74. The molecule has 0 unspecified atom stereocenters. The first-order valence-corrected chi connectivity index (χ1v) is 8.88. The highest BCUT2D eigenvalue weighted by atomic mass is 19.1. The summed E-state index contributed by atoms with van der Waals surface area (Å²) in [7, 11) is 0. The maximum Gasteiger partial charge on any atom is 0.265 e. The molecule has 29 heavy (non-hydrogen) atoms. The smallest absolute Gasteiger partial charge is 0.265 e. The second-order valence-corrected chi connectivity index (χ2v) is 6.54. The first-order chi connectivity index (χ1) is 14.0. The van der Waals surface area contributed by atoms with Crippen molar-refractivity contribution in [3.8, 4) is 5.75 Å². The van der Waals surface area contributed by atoms with Crippen molar-refractivity contribution in [3.63, 3.8) is 0 Å². The van der Waals surface area contributed by atoms with Crippen LogP contribution in [-0.4, -0.2) is 18.4 Å². The number of fused-ring (bicyclic) bond motifs is 1. The number of rotatable bonds is 4. The number of hydrogen-bond donors (Lipinski definition) is 1. The van der Waals surface area contributed by atoms with Gasteiger partial charge in [-0.2, -0.15) is 0 Å². The molecule has 146 valence electrons.